The zero-order chi connectivity index (χ0) is 20.5. The molecule has 1 saturated heterocycles. The lowest BCUT2D eigenvalue weighted by molar-refractivity contribution is 0.190. The summed E-state index contributed by atoms with van der Waals surface area (Å²) in [6.45, 7) is 7.55. The van der Waals surface area contributed by atoms with E-state index < -0.39 is 0 Å². The predicted molar refractivity (Wildman–Crippen MR) is 117 cm³/mol. The molecule has 154 valence electrons. The summed E-state index contributed by atoms with van der Waals surface area (Å²) in [5, 5.41) is 3.16. The van der Waals surface area contributed by atoms with Gasteiger partial charge in [0.2, 0.25) is 0 Å². The molecule has 3 rings (SSSR count). The van der Waals surface area contributed by atoms with E-state index in [9.17, 15) is 4.79 Å². The smallest absolute Gasteiger partial charge is 0.318 e. The molecule has 0 aliphatic carbocycles. The highest BCUT2D eigenvalue weighted by Crippen LogP contribution is 2.27. The Kier molecular flexibility index (Phi) is 7.70. The Labute approximate surface area is 174 Å². The molecule has 0 radical (unpaired) electrons. The summed E-state index contributed by atoms with van der Waals surface area (Å²) < 4.78 is 5.40. The van der Waals surface area contributed by atoms with Gasteiger partial charge in [-0.05, 0) is 49.2 Å². The van der Waals surface area contributed by atoms with Gasteiger partial charge in [-0.25, -0.2) is 4.79 Å². The van der Waals surface area contributed by atoms with Crippen molar-refractivity contribution in [2.45, 2.75) is 25.4 Å². The lowest BCUT2D eigenvalue weighted by atomic mass is 10.1. The fourth-order valence-electron chi connectivity index (χ4n) is 3.83. The molecule has 1 fully saturated rings. The number of carbonyl (C=O) groups excluding carboxylic acids is 1. The van der Waals surface area contributed by atoms with Crippen molar-refractivity contribution in [2.75, 3.05) is 33.3 Å². The Hall–Kier alpha value is -2.79. The molecule has 0 spiro atoms. The number of likely N-dealkylation sites (tertiary alicyclic amines) is 1. The van der Waals surface area contributed by atoms with Gasteiger partial charge in [-0.3, -0.25) is 4.90 Å². The molecule has 5 heteroatoms. The van der Waals surface area contributed by atoms with Gasteiger partial charge in [0.1, 0.15) is 5.75 Å². The first kappa shape index (κ1) is 20.9. The maximum Gasteiger partial charge on any atom is 0.318 e. The van der Waals surface area contributed by atoms with Gasteiger partial charge in [-0.1, -0.05) is 48.5 Å². The Morgan fingerprint density at radius 2 is 1.97 bits per heavy atom. The van der Waals surface area contributed by atoms with Gasteiger partial charge in [0.15, 0.2) is 0 Å². The number of benzene rings is 2. The minimum absolute atomic E-state index is 0.0687. The van der Waals surface area contributed by atoms with Crippen LogP contribution in [-0.4, -0.2) is 49.1 Å². The van der Waals surface area contributed by atoms with E-state index in [1.807, 2.05) is 42.5 Å². The minimum atomic E-state index is -0.0687. The molecular weight excluding hydrogens is 362 g/mol. The maximum absolute atomic E-state index is 12.9. The van der Waals surface area contributed by atoms with Crippen LogP contribution >= 0.6 is 0 Å². The van der Waals surface area contributed by atoms with Crippen molar-refractivity contribution in [1.29, 1.82) is 0 Å². The topological polar surface area (TPSA) is 44.8 Å². The summed E-state index contributed by atoms with van der Waals surface area (Å²) in [4.78, 5) is 17.2. The van der Waals surface area contributed by atoms with Crippen LogP contribution in [0.15, 0.2) is 67.3 Å². The minimum Gasteiger partial charge on any atom is -0.497 e. The lowest BCUT2D eigenvalue weighted by Gasteiger charge is -2.30. The molecule has 1 atom stereocenters. The number of ether oxygens (including phenoxy) is 1. The molecule has 0 bridgehead atoms. The molecule has 1 heterocycles. The van der Waals surface area contributed by atoms with Gasteiger partial charge >= 0.3 is 6.03 Å². The van der Waals surface area contributed by atoms with E-state index in [2.05, 4.69) is 28.9 Å². The highest BCUT2D eigenvalue weighted by molar-refractivity contribution is 5.74. The standard InChI is InChI=1S/C24H31N3O2/c1-3-14-27(19-20-10-5-4-6-11-20)24(28)25-18-23(26-15-7-8-16-26)21-12-9-13-22(17-21)29-2/h3-6,9-13,17,23H,1,7-8,14-16,18-19H2,2H3,(H,25,28). The number of amides is 2. The maximum atomic E-state index is 12.9. The number of hydrogen-bond acceptors (Lipinski definition) is 3. The molecule has 1 aliphatic heterocycles. The van der Waals surface area contributed by atoms with E-state index in [-0.39, 0.29) is 12.1 Å². The zero-order valence-electron chi connectivity index (χ0n) is 17.2. The number of nitrogens with one attached hydrogen (secondary N) is 1. The van der Waals surface area contributed by atoms with E-state index in [0.717, 1.165) is 24.4 Å². The van der Waals surface area contributed by atoms with Gasteiger partial charge < -0.3 is 15.0 Å². The van der Waals surface area contributed by atoms with Crippen LogP contribution in [0.1, 0.15) is 30.0 Å². The van der Waals surface area contributed by atoms with Crippen molar-refractivity contribution in [2.24, 2.45) is 0 Å². The first-order valence-corrected chi connectivity index (χ1v) is 10.3. The highest BCUT2D eigenvalue weighted by atomic mass is 16.5. The molecule has 1 N–H and O–H groups in total. The molecule has 1 aliphatic rings. The molecular formula is C24H31N3O2. The van der Waals surface area contributed by atoms with Gasteiger partial charge in [-0.2, -0.15) is 0 Å². The summed E-state index contributed by atoms with van der Waals surface area (Å²) in [7, 11) is 1.68. The molecule has 29 heavy (non-hydrogen) atoms. The summed E-state index contributed by atoms with van der Waals surface area (Å²) in [5.41, 5.74) is 2.28. The van der Waals surface area contributed by atoms with Crippen LogP contribution in [0.5, 0.6) is 5.75 Å². The number of urea groups is 1. The Balaban J connectivity index is 1.69. The van der Waals surface area contributed by atoms with Crippen molar-refractivity contribution in [1.82, 2.24) is 15.1 Å². The second-order valence-corrected chi connectivity index (χ2v) is 7.38. The quantitative estimate of drug-likeness (QED) is 0.649. The third kappa shape index (κ3) is 5.84. The average molecular weight is 394 g/mol. The second-order valence-electron chi connectivity index (χ2n) is 7.38. The molecule has 0 saturated carbocycles. The number of hydrogen-bond donors (Lipinski definition) is 1. The molecule has 2 aromatic rings. The lowest BCUT2D eigenvalue weighted by Crippen LogP contribution is -2.43. The fraction of sp³-hybridized carbons (Fsp3) is 0.375. The summed E-state index contributed by atoms with van der Waals surface area (Å²) in [6, 6.07) is 18.3. The van der Waals surface area contributed by atoms with Crippen molar-refractivity contribution in [3.63, 3.8) is 0 Å². The molecule has 2 amide bonds. The largest absolute Gasteiger partial charge is 0.497 e. The normalized spacial score (nSPS) is 14.9. The first-order valence-electron chi connectivity index (χ1n) is 10.3. The van der Waals surface area contributed by atoms with E-state index in [0.29, 0.717) is 19.6 Å². The van der Waals surface area contributed by atoms with Crippen LogP contribution in [0, 0.1) is 0 Å². The van der Waals surface area contributed by atoms with Crippen LogP contribution in [0.4, 0.5) is 4.79 Å². The van der Waals surface area contributed by atoms with Crippen LogP contribution in [0.3, 0.4) is 0 Å². The monoisotopic (exact) mass is 393 g/mol. The summed E-state index contributed by atoms with van der Waals surface area (Å²) in [5.74, 6) is 0.843. The van der Waals surface area contributed by atoms with Crippen molar-refractivity contribution >= 4 is 6.03 Å². The van der Waals surface area contributed by atoms with Crippen molar-refractivity contribution in [3.8, 4) is 5.75 Å². The SMILES string of the molecule is C=CCN(Cc1ccccc1)C(=O)NCC(c1cccc(OC)c1)N1CCCC1. The van der Waals surface area contributed by atoms with Gasteiger partial charge in [0, 0.05) is 19.6 Å². The number of rotatable bonds is 9. The van der Waals surface area contributed by atoms with Gasteiger partial charge in [0.05, 0.1) is 13.2 Å². The van der Waals surface area contributed by atoms with Crippen LogP contribution in [-0.2, 0) is 6.54 Å². The van der Waals surface area contributed by atoms with E-state index >= 15 is 0 Å². The third-order valence-corrected chi connectivity index (χ3v) is 5.36. The Morgan fingerprint density at radius 3 is 2.66 bits per heavy atom. The summed E-state index contributed by atoms with van der Waals surface area (Å²) >= 11 is 0. The average Bonchev–Trinajstić information content (AvgIpc) is 3.29. The van der Waals surface area contributed by atoms with Crippen LogP contribution in [0.2, 0.25) is 0 Å². The Bertz CT molecular complexity index is 788. The van der Waals surface area contributed by atoms with Crippen LogP contribution in [0.25, 0.3) is 0 Å². The van der Waals surface area contributed by atoms with Crippen molar-refractivity contribution in [3.05, 3.63) is 78.4 Å². The third-order valence-electron chi connectivity index (χ3n) is 5.36. The zero-order valence-corrected chi connectivity index (χ0v) is 17.2. The van der Waals surface area contributed by atoms with Gasteiger partial charge in [0.25, 0.3) is 0 Å². The van der Waals surface area contributed by atoms with E-state index in [1.165, 1.54) is 18.4 Å². The fourth-order valence-corrected chi connectivity index (χ4v) is 3.83. The second kappa shape index (κ2) is 10.7. The van der Waals surface area contributed by atoms with E-state index in [4.69, 9.17) is 4.74 Å². The number of nitrogens with zero attached hydrogens (tertiary/aromatic N) is 2. The molecule has 1 unspecified atom stereocenters. The number of carbonyl (C=O) groups is 1. The molecule has 2 aromatic carbocycles. The highest BCUT2D eigenvalue weighted by Gasteiger charge is 2.25. The summed E-state index contributed by atoms with van der Waals surface area (Å²) in [6.07, 6.45) is 4.17. The number of methoxy groups -OCH3 is 1. The molecule has 5 nitrogen and oxygen atoms in total. The Morgan fingerprint density at radius 1 is 1.21 bits per heavy atom. The molecule has 0 aromatic heterocycles. The van der Waals surface area contributed by atoms with E-state index in [1.54, 1.807) is 18.1 Å². The predicted octanol–water partition coefficient (Wildman–Crippen LogP) is 4.23. The van der Waals surface area contributed by atoms with Crippen LogP contribution < -0.4 is 10.1 Å². The first-order chi connectivity index (χ1) is 14.2. The van der Waals surface area contributed by atoms with Crippen molar-refractivity contribution < 1.29 is 9.53 Å². The van der Waals surface area contributed by atoms with Gasteiger partial charge in [-0.15, -0.1) is 6.58 Å².